The summed E-state index contributed by atoms with van der Waals surface area (Å²) in [4.78, 5) is 22.5. The van der Waals surface area contributed by atoms with Gasteiger partial charge in [-0.1, -0.05) is 24.3 Å². The normalized spacial score (nSPS) is 10.2. The summed E-state index contributed by atoms with van der Waals surface area (Å²) in [5, 5.41) is 11.5. The molecule has 6 heteroatoms. The highest BCUT2D eigenvalue weighted by Gasteiger charge is 2.05. The van der Waals surface area contributed by atoms with Crippen LogP contribution in [0.1, 0.15) is 18.4 Å². The van der Waals surface area contributed by atoms with Crippen molar-refractivity contribution in [2.24, 2.45) is 0 Å². The number of aliphatic carboxylic acids is 1. The maximum Gasteiger partial charge on any atom is 0.307 e. The van der Waals surface area contributed by atoms with Crippen LogP contribution in [-0.4, -0.2) is 23.6 Å². The van der Waals surface area contributed by atoms with Gasteiger partial charge in [-0.3, -0.25) is 9.59 Å². The van der Waals surface area contributed by atoms with Crippen LogP contribution in [0.4, 0.5) is 11.4 Å². The topological polar surface area (TPSA) is 102 Å². The van der Waals surface area contributed by atoms with Crippen LogP contribution >= 0.6 is 0 Å². The Balaban J connectivity index is 1.71. The summed E-state index contributed by atoms with van der Waals surface area (Å²) < 4.78 is 5.53. The Morgan fingerprint density at radius 1 is 1.08 bits per heavy atom. The number of carbonyl (C=O) groups is 2. The average Bonchev–Trinajstić information content (AvgIpc) is 2.54. The molecule has 0 unspecified atom stereocenters. The van der Waals surface area contributed by atoms with Crippen molar-refractivity contribution in [2.75, 3.05) is 17.7 Å². The van der Waals surface area contributed by atoms with Crippen molar-refractivity contribution in [3.8, 4) is 5.75 Å². The van der Waals surface area contributed by atoms with Crippen LogP contribution in [0.2, 0.25) is 0 Å². The number of carboxylic acids is 1. The van der Waals surface area contributed by atoms with E-state index in [-0.39, 0.29) is 12.3 Å². The third-order valence-electron chi connectivity index (χ3n) is 3.32. The summed E-state index contributed by atoms with van der Waals surface area (Å²) in [6, 6.07) is 14.0. The highest BCUT2D eigenvalue weighted by Crippen LogP contribution is 2.20. The van der Waals surface area contributed by atoms with Gasteiger partial charge < -0.3 is 20.9 Å². The van der Waals surface area contributed by atoms with Gasteiger partial charge in [0.25, 0.3) is 0 Å². The second kappa shape index (κ2) is 8.57. The van der Waals surface area contributed by atoms with Gasteiger partial charge in [0.05, 0.1) is 18.7 Å². The molecule has 126 valence electrons. The lowest BCUT2D eigenvalue weighted by atomic mass is 10.1. The van der Waals surface area contributed by atoms with Gasteiger partial charge in [-0.15, -0.1) is 0 Å². The fourth-order valence-corrected chi connectivity index (χ4v) is 2.13. The first-order chi connectivity index (χ1) is 11.5. The SMILES string of the molecule is Nc1ccccc1OCCCC(=O)Nc1ccc(CC(=O)O)cc1. The summed E-state index contributed by atoms with van der Waals surface area (Å²) >= 11 is 0. The van der Waals surface area contributed by atoms with Crippen molar-refractivity contribution >= 4 is 23.3 Å². The maximum absolute atomic E-state index is 11.9. The first-order valence-corrected chi connectivity index (χ1v) is 7.62. The van der Waals surface area contributed by atoms with Crippen molar-refractivity contribution < 1.29 is 19.4 Å². The number of anilines is 2. The largest absolute Gasteiger partial charge is 0.491 e. The monoisotopic (exact) mass is 328 g/mol. The van der Waals surface area contributed by atoms with Crippen molar-refractivity contribution in [2.45, 2.75) is 19.3 Å². The van der Waals surface area contributed by atoms with Gasteiger partial charge in [0, 0.05) is 12.1 Å². The number of nitrogens with one attached hydrogen (secondary N) is 1. The molecule has 0 saturated heterocycles. The van der Waals surface area contributed by atoms with Gasteiger partial charge in [0.2, 0.25) is 5.91 Å². The molecule has 0 aliphatic carbocycles. The molecular weight excluding hydrogens is 308 g/mol. The van der Waals surface area contributed by atoms with E-state index in [1.165, 1.54) is 0 Å². The number of hydrogen-bond donors (Lipinski definition) is 3. The fourth-order valence-electron chi connectivity index (χ4n) is 2.13. The van der Waals surface area contributed by atoms with Crippen LogP contribution < -0.4 is 15.8 Å². The smallest absolute Gasteiger partial charge is 0.307 e. The zero-order valence-electron chi connectivity index (χ0n) is 13.2. The summed E-state index contributed by atoms with van der Waals surface area (Å²) in [6.07, 6.45) is 0.856. The lowest BCUT2D eigenvalue weighted by molar-refractivity contribution is -0.136. The van der Waals surface area contributed by atoms with E-state index in [1.807, 2.05) is 12.1 Å². The molecule has 4 N–H and O–H groups in total. The predicted molar refractivity (Wildman–Crippen MR) is 92.0 cm³/mol. The van der Waals surface area contributed by atoms with Gasteiger partial charge in [0.1, 0.15) is 5.75 Å². The van der Waals surface area contributed by atoms with Crippen molar-refractivity contribution in [1.29, 1.82) is 0 Å². The Labute approximate surface area is 140 Å². The van der Waals surface area contributed by atoms with Gasteiger partial charge in [-0.25, -0.2) is 0 Å². The Kier molecular flexibility index (Phi) is 6.19. The summed E-state index contributed by atoms with van der Waals surface area (Å²) in [5.74, 6) is -0.386. The lowest BCUT2D eigenvalue weighted by Crippen LogP contribution is -2.13. The standard InChI is InChI=1S/C18H20N2O4/c19-15-4-1-2-5-16(15)24-11-3-6-17(21)20-14-9-7-13(8-10-14)12-18(22)23/h1-2,4-5,7-10H,3,6,11-12,19H2,(H,20,21)(H,22,23). The Morgan fingerprint density at radius 3 is 2.46 bits per heavy atom. The summed E-state index contributed by atoms with van der Waals surface area (Å²) in [7, 11) is 0. The number of benzene rings is 2. The lowest BCUT2D eigenvalue weighted by Gasteiger charge is -2.09. The number of nitrogen functional groups attached to an aromatic ring is 1. The first-order valence-electron chi connectivity index (χ1n) is 7.62. The molecule has 24 heavy (non-hydrogen) atoms. The molecule has 0 heterocycles. The van der Waals surface area contributed by atoms with E-state index in [1.54, 1.807) is 36.4 Å². The number of para-hydroxylation sites is 2. The van der Waals surface area contributed by atoms with Crippen molar-refractivity contribution in [3.05, 3.63) is 54.1 Å². The highest BCUT2D eigenvalue weighted by atomic mass is 16.5. The van der Waals surface area contributed by atoms with Crippen LogP contribution in [0.25, 0.3) is 0 Å². The molecule has 0 radical (unpaired) electrons. The molecule has 0 saturated carbocycles. The van der Waals surface area contributed by atoms with Gasteiger partial charge in [0.15, 0.2) is 0 Å². The second-order valence-electron chi connectivity index (χ2n) is 5.31. The molecule has 2 aromatic rings. The molecular formula is C18H20N2O4. The van der Waals surface area contributed by atoms with Crippen LogP contribution in [-0.2, 0) is 16.0 Å². The van der Waals surface area contributed by atoms with E-state index in [9.17, 15) is 9.59 Å². The average molecular weight is 328 g/mol. The molecule has 0 aromatic heterocycles. The minimum atomic E-state index is -0.883. The minimum absolute atomic E-state index is 0.0335. The van der Waals surface area contributed by atoms with Gasteiger partial charge in [-0.05, 0) is 36.2 Å². The van der Waals surface area contributed by atoms with Crippen LogP contribution in [0, 0.1) is 0 Å². The molecule has 0 fully saturated rings. The van der Waals surface area contributed by atoms with Crippen LogP contribution in [0.3, 0.4) is 0 Å². The summed E-state index contributed by atoms with van der Waals surface area (Å²) in [6.45, 7) is 0.402. The van der Waals surface area contributed by atoms with E-state index >= 15 is 0 Å². The molecule has 1 amide bonds. The Morgan fingerprint density at radius 2 is 1.79 bits per heavy atom. The number of rotatable bonds is 8. The van der Waals surface area contributed by atoms with E-state index < -0.39 is 5.97 Å². The summed E-state index contributed by atoms with van der Waals surface area (Å²) in [5.41, 5.74) is 7.67. The highest BCUT2D eigenvalue weighted by molar-refractivity contribution is 5.90. The number of carbonyl (C=O) groups excluding carboxylic acids is 1. The van der Waals surface area contributed by atoms with Gasteiger partial charge >= 0.3 is 5.97 Å². The fraction of sp³-hybridized carbons (Fsp3) is 0.222. The Hall–Kier alpha value is -3.02. The molecule has 2 aromatic carbocycles. The van der Waals surface area contributed by atoms with Crippen molar-refractivity contribution in [1.82, 2.24) is 0 Å². The Bertz CT molecular complexity index is 698. The number of ether oxygens (including phenoxy) is 1. The van der Waals surface area contributed by atoms with Crippen molar-refractivity contribution in [3.63, 3.8) is 0 Å². The predicted octanol–water partition coefficient (Wildman–Crippen LogP) is 2.69. The zero-order chi connectivity index (χ0) is 17.4. The minimum Gasteiger partial charge on any atom is -0.491 e. The first kappa shape index (κ1) is 17.3. The molecule has 0 aliphatic heterocycles. The number of hydrogen-bond acceptors (Lipinski definition) is 4. The number of nitrogens with two attached hydrogens (primary N) is 1. The molecule has 6 nitrogen and oxygen atoms in total. The molecule has 0 bridgehead atoms. The van der Waals surface area contributed by atoms with Gasteiger partial charge in [-0.2, -0.15) is 0 Å². The zero-order valence-corrected chi connectivity index (χ0v) is 13.2. The van der Waals surface area contributed by atoms with Crippen LogP contribution in [0.5, 0.6) is 5.75 Å². The van der Waals surface area contributed by atoms with E-state index in [2.05, 4.69) is 5.32 Å². The second-order valence-corrected chi connectivity index (χ2v) is 5.31. The van der Waals surface area contributed by atoms with E-state index in [4.69, 9.17) is 15.6 Å². The molecule has 0 spiro atoms. The molecule has 0 atom stereocenters. The van der Waals surface area contributed by atoms with E-state index in [0.717, 1.165) is 0 Å². The molecule has 0 aliphatic rings. The maximum atomic E-state index is 11.9. The third kappa shape index (κ3) is 5.64. The number of amides is 1. The van der Waals surface area contributed by atoms with E-state index in [0.29, 0.717) is 42.1 Å². The third-order valence-corrected chi connectivity index (χ3v) is 3.32. The number of carboxylic acid groups (broad SMARTS) is 1. The quantitative estimate of drug-likeness (QED) is 0.511. The van der Waals surface area contributed by atoms with Crippen LogP contribution in [0.15, 0.2) is 48.5 Å². The molecule has 2 rings (SSSR count).